The number of oxazole rings is 1. The van der Waals surface area contributed by atoms with Crippen LogP contribution in [0.15, 0.2) is 65.2 Å². The van der Waals surface area contributed by atoms with E-state index in [4.69, 9.17) is 9.15 Å². The monoisotopic (exact) mass is 378 g/mol. The number of hydrogen-bond acceptors (Lipinski definition) is 5. The molecular weight excluding hydrogens is 356 g/mol. The van der Waals surface area contributed by atoms with Crippen molar-refractivity contribution in [3.63, 3.8) is 0 Å². The molecule has 3 rings (SSSR count). The second-order valence-electron chi connectivity index (χ2n) is 6.08. The highest BCUT2D eigenvalue weighted by molar-refractivity contribution is 5.97. The van der Waals surface area contributed by atoms with Gasteiger partial charge in [0.15, 0.2) is 12.4 Å². The van der Waals surface area contributed by atoms with Crippen molar-refractivity contribution >= 4 is 11.9 Å². The average Bonchev–Trinajstić information content (AvgIpc) is 3.23. The summed E-state index contributed by atoms with van der Waals surface area (Å²) in [5.41, 5.74) is 1.72. The minimum atomic E-state index is -0.587. The third-order valence-corrected chi connectivity index (χ3v) is 4.38. The number of amides is 1. The quantitative estimate of drug-likeness (QED) is 0.580. The highest BCUT2D eigenvalue weighted by atomic mass is 16.5. The van der Waals surface area contributed by atoms with Crippen LogP contribution in [0.2, 0.25) is 0 Å². The molecule has 28 heavy (non-hydrogen) atoms. The molecule has 0 saturated heterocycles. The summed E-state index contributed by atoms with van der Waals surface area (Å²) in [7, 11) is 0. The molecule has 0 aliphatic heterocycles. The van der Waals surface area contributed by atoms with Crippen LogP contribution in [0, 0.1) is 0 Å². The number of aromatic nitrogens is 1. The molecule has 3 aromatic rings. The summed E-state index contributed by atoms with van der Waals surface area (Å²) in [6.07, 6.45) is 1.62. The molecule has 1 heterocycles. The Bertz CT molecular complexity index is 946. The van der Waals surface area contributed by atoms with Gasteiger partial charge < -0.3 is 14.1 Å². The number of hydrogen-bond donors (Lipinski definition) is 0. The van der Waals surface area contributed by atoms with Gasteiger partial charge in [0, 0.05) is 18.7 Å². The molecule has 0 saturated carbocycles. The predicted molar refractivity (Wildman–Crippen MR) is 106 cm³/mol. The lowest BCUT2D eigenvalue weighted by Crippen LogP contribution is -2.34. The van der Waals surface area contributed by atoms with Crippen LogP contribution < -0.4 is 0 Å². The van der Waals surface area contributed by atoms with Gasteiger partial charge in [-0.25, -0.2) is 9.78 Å². The number of nitrogens with zero attached hydrogens (tertiary/aromatic N) is 2. The number of carbonyl (C=O) groups excluding carboxylic acids is 2. The summed E-state index contributed by atoms with van der Waals surface area (Å²) in [5.74, 6) is 0.117. The van der Waals surface area contributed by atoms with Gasteiger partial charge in [-0.1, -0.05) is 42.5 Å². The van der Waals surface area contributed by atoms with E-state index in [2.05, 4.69) is 4.98 Å². The van der Waals surface area contributed by atoms with Crippen LogP contribution in [0.4, 0.5) is 0 Å². The topological polar surface area (TPSA) is 72.6 Å². The lowest BCUT2D eigenvalue weighted by molar-refractivity contribution is -0.134. The number of likely N-dealkylation sites (N-methyl/N-ethyl adjacent to an activating group) is 1. The molecule has 6 nitrogen and oxygen atoms in total. The van der Waals surface area contributed by atoms with Gasteiger partial charge in [0.05, 0.1) is 17.3 Å². The summed E-state index contributed by atoms with van der Waals surface area (Å²) in [6, 6.07) is 16.5. The fourth-order valence-corrected chi connectivity index (χ4v) is 2.85. The van der Waals surface area contributed by atoms with Crippen LogP contribution in [-0.4, -0.2) is 41.5 Å². The number of esters is 1. The molecule has 1 amide bonds. The molecule has 0 radical (unpaired) electrons. The van der Waals surface area contributed by atoms with Gasteiger partial charge in [0.25, 0.3) is 5.91 Å². The van der Waals surface area contributed by atoms with Crippen molar-refractivity contribution in [2.24, 2.45) is 0 Å². The first-order valence-corrected chi connectivity index (χ1v) is 9.19. The number of benzene rings is 2. The second kappa shape index (κ2) is 8.99. The lowest BCUT2D eigenvalue weighted by Gasteiger charge is -2.18. The van der Waals surface area contributed by atoms with Gasteiger partial charge in [-0.15, -0.1) is 0 Å². The summed E-state index contributed by atoms with van der Waals surface area (Å²) >= 11 is 0. The Morgan fingerprint density at radius 2 is 1.68 bits per heavy atom. The zero-order valence-corrected chi connectivity index (χ0v) is 15.9. The molecule has 0 spiro atoms. The van der Waals surface area contributed by atoms with Crippen molar-refractivity contribution in [1.82, 2.24) is 9.88 Å². The van der Waals surface area contributed by atoms with Crippen molar-refractivity contribution in [3.8, 4) is 22.8 Å². The number of rotatable bonds is 7. The van der Waals surface area contributed by atoms with Crippen LogP contribution in [0.25, 0.3) is 22.8 Å². The average molecular weight is 378 g/mol. The minimum Gasteiger partial charge on any atom is -0.452 e. The van der Waals surface area contributed by atoms with E-state index in [1.807, 2.05) is 44.2 Å². The smallest absolute Gasteiger partial charge is 0.339 e. The van der Waals surface area contributed by atoms with Crippen LogP contribution in [0.5, 0.6) is 0 Å². The van der Waals surface area contributed by atoms with Gasteiger partial charge in [0.2, 0.25) is 5.89 Å². The highest BCUT2D eigenvalue weighted by Gasteiger charge is 2.20. The zero-order chi connectivity index (χ0) is 19.9. The maximum absolute atomic E-state index is 12.6. The van der Waals surface area contributed by atoms with E-state index in [1.54, 1.807) is 35.4 Å². The number of ether oxygens (including phenoxy) is 1. The molecular formula is C22H22N2O4. The standard InChI is InChI=1S/C22H22N2O4/c1-3-24(4-2)20(25)15-27-22(26)18-13-9-8-12-17(18)21-23-14-19(28-21)16-10-6-5-7-11-16/h5-14H,3-4,15H2,1-2H3. The Morgan fingerprint density at radius 1 is 1.00 bits per heavy atom. The predicted octanol–water partition coefficient (Wildman–Crippen LogP) is 4.03. The molecule has 0 atom stereocenters. The third kappa shape index (κ3) is 4.28. The molecule has 1 aromatic heterocycles. The Balaban J connectivity index is 1.79. The second-order valence-corrected chi connectivity index (χ2v) is 6.08. The summed E-state index contributed by atoms with van der Waals surface area (Å²) in [6.45, 7) is 4.61. The maximum Gasteiger partial charge on any atom is 0.339 e. The van der Waals surface area contributed by atoms with Crippen molar-refractivity contribution in [2.75, 3.05) is 19.7 Å². The van der Waals surface area contributed by atoms with E-state index in [9.17, 15) is 9.59 Å². The first-order chi connectivity index (χ1) is 13.6. The highest BCUT2D eigenvalue weighted by Crippen LogP contribution is 2.28. The van der Waals surface area contributed by atoms with Gasteiger partial charge in [-0.3, -0.25) is 4.79 Å². The van der Waals surface area contributed by atoms with Crippen molar-refractivity contribution in [2.45, 2.75) is 13.8 Å². The van der Waals surface area contributed by atoms with Gasteiger partial charge in [0.1, 0.15) is 0 Å². The van der Waals surface area contributed by atoms with Crippen LogP contribution in [-0.2, 0) is 9.53 Å². The normalized spacial score (nSPS) is 10.5. The van der Waals surface area contributed by atoms with Crippen molar-refractivity contribution < 1.29 is 18.7 Å². The molecule has 0 unspecified atom stereocenters. The van der Waals surface area contributed by atoms with Crippen molar-refractivity contribution in [1.29, 1.82) is 0 Å². The van der Waals surface area contributed by atoms with Crippen LogP contribution >= 0.6 is 0 Å². The molecule has 0 aliphatic carbocycles. The minimum absolute atomic E-state index is 0.224. The Labute approximate surface area is 163 Å². The van der Waals surface area contributed by atoms with E-state index in [-0.39, 0.29) is 12.5 Å². The molecule has 6 heteroatoms. The molecule has 0 aliphatic rings. The van der Waals surface area contributed by atoms with E-state index in [1.165, 1.54) is 0 Å². The lowest BCUT2D eigenvalue weighted by atomic mass is 10.1. The van der Waals surface area contributed by atoms with Gasteiger partial charge in [-0.2, -0.15) is 0 Å². The maximum atomic E-state index is 12.6. The Kier molecular flexibility index (Phi) is 6.22. The third-order valence-electron chi connectivity index (χ3n) is 4.38. The first kappa shape index (κ1) is 19.4. The fourth-order valence-electron chi connectivity index (χ4n) is 2.85. The summed E-state index contributed by atoms with van der Waals surface area (Å²) in [5, 5.41) is 0. The zero-order valence-electron chi connectivity index (χ0n) is 15.9. The van der Waals surface area contributed by atoms with E-state index in [0.29, 0.717) is 35.9 Å². The van der Waals surface area contributed by atoms with Crippen molar-refractivity contribution in [3.05, 3.63) is 66.4 Å². The first-order valence-electron chi connectivity index (χ1n) is 9.19. The molecule has 0 N–H and O–H groups in total. The molecule has 2 aromatic carbocycles. The Hall–Kier alpha value is -3.41. The summed E-state index contributed by atoms with van der Waals surface area (Å²) in [4.78, 5) is 30.5. The van der Waals surface area contributed by atoms with Gasteiger partial charge in [-0.05, 0) is 26.0 Å². The molecule has 0 fully saturated rings. The van der Waals surface area contributed by atoms with E-state index in [0.717, 1.165) is 5.56 Å². The fraction of sp³-hybridized carbons (Fsp3) is 0.227. The Morgan fingerprint density at radius 3 is 2.39 bits per heavy atom. The largest absolute Gasteiger partial charge is 0.452 e. The number of carbonyl (C=O) groups is 2. The van der Waals surface area contributed by atoms with E-state index < -0.39 is 5.97 Å². The SMILES string of the molecule is CCN(CC)C(=O)COC(=O)c1ccccc1-c1ncc(-c2ccccc2)o1. The van der Waals surface area contributed by atoms with E-state index >= 15 is 0 Å². The molecule has 144 valence electrons. The van der Waals surface area contributed by atoms with Crippen LogP contribution in [0.3, 0.4) is 0 Å². The van der Waals surface area contributed by atoms with Crippen LogP contribution in [0.1, 0.15) is 24.2 Å². The summed E-state index contributed by atoms with van der Waals surface area (Å²) < 4.78 is 11.1. The van der Waals surface area contributed by atoms with Gasteiger partial charge >= 0.3 is 5.97 Å². The molecule has 0 bridgehead atoms.